The summed E-state index contributed by atoms with van der Waals surface area (Å²) < 4.78 is 25.2. The summed E-state index contributed by atoms with van der Waals surface area (Å²) in [6, 6.07) is 10.3. The molecule has 0 fully saturated rings. The number of anilines is 1. The van der Waals surface area contributed by atoms with Gasteiger partial charge in [0.1, 0.15) is 18.1 Å². The van der Waals surface area contributed by atoms with Crippen LogP contribution in [-0.4, -0.2) is 25.8 Å². The quantitative estimate of drug-likeness (QED) is 0.552. The van der Waals surface area contributed by atoms with Crippen LogP contribution in [0.15, 0.2) is 62.5 Å². The Labute approximate surface area is 162 Å². The Morgan fingerprint density at radius 1 is 1.17 bits per heavy atom. The molecular weight excluding hydrogens is 381 g/mol. The van der Waals surface area contributed by atoms with Gasteiger partial charge in [-0.2, -0.15) is 4.98 Å². The average Bonchev–Trinajstić information content (AvgIpc) is 3.33. The number of benzene rings is 1. The zero-order valence-electron chi connectivity index (χ0n) is 15.1. The number of aryl methyl sites for hydroxylation is 1. The lowest BCUT2D eigenvalue weighted by molar-refractivity contribution is -0.116. The van der Waals surface area contributed by atoms with Gasteiger partial charge in [-0.25, -0.2) is 4.39 Å². The molecule has 4 rings (SSSR count). The molecule has 0 spiro atoms. The molecule has 0 atom stereocenters. The molecule has 1 N–H and O–H groups in total. The fraction of sp³-hybridized carbons (Fsp3) is 0.105. The summed E-state index contributed by atoms with van der Waals surface area (Å²) in [6.07, 6.45) is 1.41. The number of carbonyl (C=O) groups is 1. The van der Waals surface area contributed by atoms with Crippen LogP contribution in [0.25, 0.3) is 22.8 Å². The van der Waals surface area contributed by atoms with Gasteiger partial charge in [0.2, 0.25) is 11.7 Å². The van der Waals surface area contributed by atoms with Crippen LogP contribution in [0.1, 0.15) is 5.76 Å². The fourth-order valence-corrected chi connectivity index (χ4v) is 2.64. The number of aromatic nitrogens is 4. The van der Waals surface area contributed by atoms with Crippen molar-refractivity contribution in [1.29, 1.82) is 0 Å². The van der Waals surface area contributed by atoms with Crippen LogP contribution in [-0.2, 0) is 11.3 Å². The van der Waals surface area contributed by atoms with Gasteiger partial charge in [0.05, 0.1) is 11.1 Å². The van der Waals surface area contributed by atoms with Crippen molar-refractivity contribution < 1.29 is 18.2 Å². The summed E-state index contributed by atoms with van der Waals surface area (Å²) in [5.74, 6) is 0.0175. The molecule has 29 heavy (non-hydrogen) atoms. The van der Waals surface area contributed by atoms with Gasteiger partial charge in [-0.15, -0.1) is 0 Å². The standard InChI is InChI=1S/C19H14FN5O4/c1-11-8-15(23-28-11)21-16(26)10-25-9-12(6-7-17(25)27)19-22-18(24-29-19)13-4-2-3-5-14(13)20/h2-9H,10H2,1H3,(H,21,23,26). The van der Waals surface area contributed by atoms with Crippen LogP contribution in [0.3, 0.4) is 0 Å². The average molecular weight is 395 g/mol. The van der Waals surface area contributed by atoms with Crippen LogP contribution in [0, 0.1) is 12.7 Å². The van der Waals surface area contributed by atoms with E-state index < -0.39 is 17.3 Å². The molecule has 3 aromatic heterocycles. The van der Waals surface area contributed by atoms with E-state index in [1.165, 1.54) is 35.0 Å². The second-order valence-electron chi connectivity index (χ2n) is 6.16. The number of halogens is 1. The van der Waals surface area contributed by atoms with Crippen LogP contribution in [0.2, 0.25) is 0 Å². The molecule has 0 saturated carbocycles. The van der Waals surface area contributed by atoms with Crippen LogP contribution in [0.5, 0.6) is 0 Å². The highest BCUT2D eigenvalue weighted by atomic mass is 19.1. The number of amides is 1. The monoisotopic (exact) mass is 395 g/mol. The maximum absolute atomic E-state index is 13.9. The molecule has 0 bridgehead atoms. The van der Waals surface area contributed by atoms with E-state index in [4.69, 9.17) is 9.05 Å². The van der Waals surface area contributed by atoms with Crippen molar-refractivity contribution in [3.63, 3.8) is 0 Å². The Hall–Kier alpha value is -4.08. The molecule has 146 valence electrons. The lowest BCUT2D eigenvalue weighted by Crippen LogP contribution is -2.26. The number of nitrogens with one attached hydrogen (secondary N) is 1. The molecule has 0 aliphatic heterocycles. The molecule has 0 aliphatic carbocycles. The van der Waals surface area contributed by atoms with E-state index in [0.29, 0.717) is 11.3 Å². The van der Waals surface area contributed by atoms with Crippen LogP contribution >= 0.6 is 0 Å². The number of hydrogen-bond donors (Lipinski definition) is 1. The van der Waals surface area contributed by atoms with Crippen molar-refractivity contribution in [2.24, 2.45) is 0 Å². The van der Waals surface area contributed by atoms with Crippen molar-refractivity contribution in [2.75, 3.05) is 5.32 Å². The first-order valence-corrected chi connectivity index (χ1v) is 8.52. The highest BCUT2D eigenvalue weighted by Crippen LogP contribution is 2.23. The lowest BCUT2D eigenvalue weighted by Gasteiger charge is -2.06. The summed E-state index contributed by atoms with van der Waals surface area (Å²) in [5, 5.41) is 9.98. The summed E-state index contributed by atoms with van der Waals surface area (Å²) in [5.41, 5.74) is 0.206. The molecule has 3 heterocycles. The smallest absolute Gasteiger partial charge is 0.259 e. The maximum Gasteiger partial charge on any atom is 0.259 e. The van der Waals surface area contributed by atoms with Crippen molar-refractivity contribution in [1.82, 2.24) is 19.9 Å². The molecule has 0 saturated heterocycles. The normalized spacial score (nSPS) is 10.8. The Morgan fingerprint density at radius 2 is 2.00 bits per heavy atom. The second-order valence-corrected chi connectivity index (χ2v) is 6.16. The lowest BCUT2D eigenvalue weighted by atomic mass is 10.2. The number of hydrogen-bond acceptors (Lipinski definition) is 7. The SMILES string of the molecule is Cc1cc(NC(=O)Cn2cc(-c3nc(-c4ccccc4F)no3)ccc2=O)no1. The minimum Gasteiger partial charge on any atom is -0.360 e. The molecule has 10 heteroatoms. The van der Waals surface area contributed by atoms with Gasteiger partial charge in [0.15, 0.2) is 5.82 Å². The third kappa shape index (κ3) is 3.95. The third-order valence-electron chi connectivity index (χ3n) is 3.98. The number of nitrogens with zero attached hydrogens (tertiary/aromatic N) is 4. The maximum atomic E-state index is 13.9. The summed E-state index contributed by atoms with van der Waals surface area (Å²) >= 11 is 0. The van der Waals surface area contributed by atoms with E-state index in [9.17, 15) is 14.0 Å². The van der Waals surface area contributed by atoms with Gasteiger partial charge in [0.25, 0.3) is 11.4 Å². The molecule has 1 amide bonds. The first kappa shape index (κ1) is 18.3. The molecule has 0 radical (unpaired) electrons. The Kier molecular flexibility index (Phi) is 4.73. The van der Waals surface area contributed by atoms with E-state index >= 15 is 0 Å². The van der Waals surface area contributed by atoms with Gasteiger partial charge in [-0.3, -0.25) is 9.59 Å². The van der Waals surface area contributed by atoms with E-state index in [1.54, 1.807) is 25.1 Å². The zero-order chi connectivity index (χ0) is 20.4. The van der Waals surface area contributed by atoms with Crippen LogP contribution < -0.4 is 10.9 Å². The fourth-order valence-electron chi connectivity index (χ4n) is 2.64. The third-order valence-corrected chi connectivity index (χ3v) is 3.98. The van der Waals surface area contributed by atoms with Gasteiger partial charge in [0, 0.05) is 18.3 Å². The second kappa shape index (κ2) is 7.50. The predicted octanol–water partition coefficient (Wildman–Crippen LogP) is 2.64. The number of rotatable bonds is 5. The van der Waals surface area contributed by atoms with Crippen molar-refractivity contribution >= 4 is 11.7 Å². The Morgan fingerprint density at radius 3 is 2.76 bits per heavy atom. The van der Waals surface area contributed by atoms with Crippen molar-refractivity contribution in [2.45, 2.75) is 13.5 Å². The number of carbonyl (C=O) groups excluding carboxylic acids is 1. The first-order chi connectivity index (χ1) is 14.0. The molecule has 1 aromatic carbocycles. The zero-order valence-corrected chi connectivity index (χ0v) is 15.1. The Bertz CT molecular complexity index is 1240. The minimum absolute atomic E-state index is 0.0787. The Balaban J connectivity index is 1.56. The van der Waals surface area contributed by atoms with E-state index in [-0.39, 0.29) is 29.6 Å². The first-order valence-electron chi connectivity index (χ1n) is 8.52. The summed E-state index contributed by atoms with van der Waals surface area (Å²) in [6.45, 7) is 1.43. The van der Waals surface area contributed by atoms with Gasteiger partial charge in [-0.1, -0.05) is 22.4 Å². The molecule has 4 aromatic rings. The molecule has 9 nitrogen and oxygen atoms in total. The largest absolute Gasteiger partial charge is 0.360 e. The minimum atomic E-state index is -0.482. The highest BCUT2D eigenvalue weighted by Gasteiger charge is 2.15. The van der Waals surface area contributed by atoms with Gasteiger partial charge >= 0.3 is 0 Å². The highest BCUT2D eigenvalue weighted by molar-refractivity contribution is 5.89. The predicted molar refractivity (Wildman–Crippen MR) is 99.3 cm³/mol. The summed E-state index contributed by atoms with van der Waals surface area (Å²) in [7, 11) is 0. The van der Waals surface area contributed by atoms with E-state index in [1.807, 2.05) is 0 Å². The van der Waals surface area contributed by atoms with Crippen molar-refractivity contribution in [3.05, 3.63) is 70.6 Å². The topological polar surface area (TPSA) is 116 Å². The van der Waals surface area contributed by atoms with E-state index in [0.717, 1.165) is 0 Å². The molecular formula is C19H14FN5O4. The van der Waals surface area contributed by atoms with Gasteiger partial charge < -0.3 is 18.9 Å². The molecule has 0 unspecified atom stereocenters. The number of pyridine rings is 1. The van der Waals surface area contributed by atoms with Crippen molar-refractivity contribution in [3.8, 4) is 22.8 Å². The van der Waals surface area contributed by atoms with E-state index in [2.05, 4.69) is 20.6 Å². The summed E-state index contributed by atoms with van der Waals surface area (Å²) in [4.78, 5) is 28.4. The van der Waals surface area contributed by atoms with Crippen LogP contribution in [0.4, 0.5) is 10.2 Å². The molecule has 0 aliphatic rings. The van der Waals surface area contributed by atoms with Gasteiger partial charge in [-0.05, 0) is 25.1 Å².